The summed E-state index contributed by atoms with van der Waals surface area (Å²) in [5.41, 5.74) is 4.84. The van der Waals surface area contributed by atoms with Crippen molar-refractivity contribution in [1.29, 1.82) is 0 Å². The van der Waals surface area contributed by atoms with Gasteiger partial charge in [-0.3, -0.25) is 15.0 Å². The normalized spacial score (nSPS) is 12.9. The predicted octanol–water partition coefficient (Wildman–Crippen LogP) is 3.99. The molecule has 1 amide bonds. The fourth-order valence-electron chi connectivity index (χ4n) is 3.63. The summed E-state index contributed by atoms with van der Waals surface area (Å²) < 4.78 is 12.2. The van der Waals surface area contributed by atoms with E-state index in [1.807, 2.05) is 43.3 Å². The van der Waals surface area contributed by atoms with E-state index in [9.17, 15) is 9.59 Å². The monoisotopic (exact) mass is 445 g/mol. The fraction of sp³-hybridized carbons (Fsp3) is 0.125. The van der Waals surface area contributed by atoms with Crippen molar-refractivity contribution in [2.75, 3.05) is 18.6 Å². The van der Waals surface area contributed by atoms with Gasteiger partial charge >= 0.3 is 0 Å². The van der Waals surface area contributed by atoms with Gasteiger partial charge < -0.3 is 9.47 Å². The number of nitrogens with zero attached hydrogens (tertiary/aromatic N) is 2. The van der Waals surface area contributed by atoms with Crippen molar-refractivity contribution in [3.05, 3.63) is 81.7 Å². The molecule has 5 rings (SSSR count). The summed E-state index contributed by atoms with van der Waals surface area (Å²) in [7, 11) is 0. The number of hydrogen-bond donors (Lipinski definition) is 1. The van der Waals surface area contributed by atoms with Crippen LogP contribution in [0.5, 0.6) is 11.5 Å². The Hall–Kier alpha value is -3.91. The molecule has 0 saturated heterocycles. The number of benzene rings is 2. The van der Waals surface area contributed by atoms with E-state index in [1.165, 1.54) is 23.7 Å². The Balaban J connectivity index is 1.42. The molecule has 2 aromatic carbocycles. The van der Waals surface area contributed by atoms with Crippen molar-refractivity contribution in [2.45, 2.75) is 6.92 Å². The predicted molar refractivity (Wildman–Crippen MR) is 125 cm³/mol. The molecule has 0 spiro atoms. The summed E-state index contributed by atoms with van der Waals surface area (Å²) in [5, 5.41) is 0.498. The van der Waals surface area contributed by atoms with Crippen LogP contribution < -0.4 is 20.5 Å². The van der Waals surface area contributed by atoms with E-state index in [0.717, 1.165) is 26.2 Å². The Bertz CT molecular complexity index is 1410. The summed E-state index contributed by atoms with van der Waals surface area (Å²) in [5.74, 6) is 0.881. The molecule has 0 bridgehead atoms. The van der Waals surface area contributed by atoms with Gasteiger partial charge in [0.15, 0.2) is 11.5 Å². The second-order valence-electron chi connectivity index (χ2n) is 7.21. The summed E-state index contributed by atoms with van der Waals surface area (Å²) in [6.45, 7) is 2.98. The molecule has 2 aromatic heterocycles. The molecular formula is C24H19N3O4S. The van der Waals surface area contributed by atoms with Crippen LogP contribution in [0.3, 0.4) is 0 Å². The van der Waals surface area contributed by atoms with Crippen LogP contribution >= 0.6 is 11.3 Å². The summed E-state index contributed by atoms with van der Waals surface area (Å²) in [6, 6.07) is 15.1. The molecule has 0 atom stereocenters. The maximum absolute atomic E-state index is 13.2. The molecule has 1 aliphatic heterocycles. The van der Waals surface area contributed by atoms with Gasteiger partial charge in [0.1, 0.15) is 24.4 Å². The Labute approximate surface area is 187 Å². The van der Waals surface area contributed by atoms with Gasteiger partial charge in [-0.1, -0.05) is 36.4 Å². The van der Waals surface area contributed by atoms with E-state index in [0.29, 0.717) is 34.9 Å². The van der Waals surface area contributed by atoms with Gasteiger partial charge in [-0.25, -0.2) is 9.66 Å². The molecule has 32 heavy (non-hydrogen) atoms. The molecule has 0 radical (unpaired) electrons. The number of amides is 1. The number of carbonyl (C=O) groups excluding carboxylic acids is 1. The Morgan fingerprint density at radius 2 is 1.91 bits per heavy atom. The smallest absolute Gasteiger partial charge is 0.281 e. The third-order valence-electron chi connectivity index (χ3n) is 5.08. The van der Waals surface area contributed by atoms with Crippen molar-refractivity contribution in [3.63, 3.8) is 0 Å². The van der Waals surface area contributed by atoms with Gasteiger partial charge in [0.05, 0.1) is 5.39 Å². The first-order valence-corrected chi connectivity index (χ1v) is 10.9. The maximum atomic E-state index is 13.2. The minimum atomic E-state index is -0.448. The molecule has 0 aliphatic carbocycles. The first-order valence-electron chi connectivity index (χ1n) is 10.0. The highest BCUT2D eigenvalue weighted by Crippen LogP contribution is 2.35. The number of rotatable bonds is 4. The molecule has 7 nitrogen and oxygen atoms in total. The number of fused-ring (bicyclic) bond motifs is 2. The first-order chi connectivity index (χ1) is 15.6. The van der Waals surface area contributed by atoms with E-state index in [-0.39, 0.29) is 5.56 Å². The van der Waals surface area contributed by atoms with Crippen molar-refractivity contribution in [1.82, 2.24) is 9.66 Å². The Morgan fingerprint density at radius 3 is 2.72 bits per heavy atom. The average Bonchev–Trinajstić information content (AvgIpc) is 3.16. The van der Waals surface area contributed by atoms with Gasteiger partial charge in [0.25, 0.3) is 11.5 Å². The fourth-order valence-corrected chi connectivity index (χ4v) is 4.63. The Kier molecular flexibility index (Phi) is 5.20. The molecule has 1 aliphatic rings. The van der Waals surface area contributed by atoms with E-state index in [4.69, 9.17) is 9.47 Å². The van der Waals surface area contributed by atoms with Crippen molar-refractivity contribution in [3.8, 4) is 22.6 Å². The second-order valence-corrected chi connectivity index (χ2v) is 8.41. The van der Waals surface area contributed by atoms with Gasteiger partial charge in [-0.2, -0.15) is 0 Å². The van der Waals surface area contributed by atoms with Crippen LogP contribution in [0.25, 0.3) is 27.4 Å². The second kappa shape index (κ2) is 8.32. The minimum absolute atomic E-state index is 0.320. The van der Waals surface area contributed by atoms with E-state index >= 15 is 0 Å². The minimum Gasteiger partial charge on any atom is -0.486 e. The summed E-state index contributed by atoms with van der Waals surface area (Å²) in [4.78, 5) is 31.7. The van der Waals surface area contributed by atoms with Gasteiger partial charge in [0.2, 0.25) is 0 Å². The zero-order chi connectivity index (χ0) is 22.1. The number of aromatic nitrogens is 2. The number of ether oxygens (including phenoxy) is 2. The summed E-state index contributed by atoms with van der Waals surface area (Å²) in [6.07, 6.45) is 4.35. The highest BCUT2D eigenvalue weighted by molar-refractivity contribution is 7.19. The van der Waals surface area contributed by atoms with Crippen LogP contribution in [-0.2, 0) is 4.79 Å². The third-order valence-corrected chi connectivity index (χ3v) is 6.09. The van der Waals surface area contributed by atoms with Crippen LogP contribution in [0.1, 0.15) is 10.4 Å². The van der Waals surface area contributed by atoms with E-state index in [2.05, 4.69) is 10.4 Å². The number of hydrogen-bond acceptors (Lipinski definition) is 6. The van der Waals surface area contributed by atoms with Crippen LogP contribution in [0.15, 0.2) is 65.7 Å². The lowest BCUT2D eigenvalue weighted by Crippen LogP contribution is -2.32. The van der Waals surface area contributed by atoms with Crippen molar-refractivity contribution < 1.29 is 14.3 Å². The van der Waals surface area contributed by atoms with Crippen LogP contribution in [0.2, 0.25) is 0 Å². The molecule has 3 heterocycles. The van der Waals surface area contributed by atoms with Gasteiger partial charge in [0, 0.05) is 16.5 Å². The molecule has 8 heteroatoms. The standard InChI is InChI=1S/C24H19N3O4S/c1-15-21(17-5-3-2-4-6-17)22-23(32-15)25-14-27(24(22)29)26-20(28)10-8-16-7-9-18-19(13-16)31-12-11-30-18/h2-10,13-14H,11-12H2,1H3,(H,26,28)/b10-8+. The molecular weight excluding hydrogens is 426 g/mol. The van der Waals surface area contributed by atoms with Gasteiger partial charge in [-0.15, -0.1) is 11.3 Å². The molecule has 0 fully saturated rings. The molecule has 4 aromatic rings. The average molecular weight is 446 g/mol. The molecule has 1 N–H and O–H groups in total. The molecule has 0 unspecified atom stereocenters. The highest BCUT2D eigenvalue weighted by atomic mass is 32.1. The summed E-state index contributed by atoms with van der Waals surface area (Å²) >= 11 is 1.46. The van der Waals surface area contributed by atoms with E-state index < -0.39 is 5.91 Å². The lowest BCUT2D eigenvalue weighted by molar-refractivity contribution is -0.112. The number of aryl methyl sites for hydroxylation is 1. The van der Waals surface area contributed by atoms with Crippen molar-refractivity contribution in [2.24, 2.45) is 0 Å². The zero-order valence-electron chi connectivity index (χ0n) is 17.2. The molecule has 160 valence electrons. The maximum Gasteiger partial charge on any atom is 0.281 e. The first kappa shape index (κ1) is 20.0. The lowest BCUT2D eigenvalue weighted by atomic mass is 10.0. The van der Waals surface area contributed by atoms with Crippen molar-refractivity contribution >= 4 is 33.5 Å². The number of thiophene rings is 1. The highest BCUT2D eigenvalue weighted by Gasteiger charge is 2.17. The molecule has 0 saturated carbocycles. The SMILES string of the molecule is Cc1sc2ncn(NC(=O)/C=C/c3ccc4c(c3)OCCO4)c(=O)c2c1-c1ccccc1. The topological polar surface area (TPSA) is 82.5 Å². The number of carbonyl (C=O) groups is 1. The Morgan fingerprint density at radius 1 is 1.12 bits per heavy atom. The largest absolute Gasteiger partial charge is 0.486 e. The van der Waals surface area contributed by atoms with E-state index in [1.54, 1.807) is 18.2 Å². The third kappa shape index (κ3) is 3.76. The van der Waals surface area contributed by atoms with Crippen LogP contribution in [-0.4, -0.2) is 28.8 Å². The zero-order valence-corrected chi connectivity index (χ0v) is 18.0. The number of nitrogens with one attached hydrogen (secondary N) is 1. The van der Waals surface area contributed by atoms with Crippen LogP contribution in [0, 0.1) is 6.92 Å². The van der Waals surface area contributed by atoms with Crippen LogP contribution in [0.4, 0.5) is 0 Å². The lowest BCUT2D eigenvalue weighted by Gasteiger charge is -2.18. The van der Waals surface area contributed by atoms with Gasteiger partial charge in [-0.05, 0) is 36.3 Å². The quantitative estimate of drug-likeness (QED) is 0.481.